The van der Waals surface area contributed by atoms with Crippen LogP contribution in [0.4, 0.5) is 5.13 Å². The molecule has 126 valence electrons. The van der Waals surface area contributed by atoms with Crippen molar-refractivity contribution in [1.29, 1.82) is 0 Å². The number of carbonyl (C=O) groups is 1. The lowest BCUT2D eigenvalue weighted by molar-refractivity contribution is -0.115. The van der Waals surface area contributed by atoms with Crippen molar-refractivity contribution in [2.24, 2.45) is 7.05 Å². The van der Waals surface area contributed by atoms with Crippen molar-refractivity contribution < 1.29 is 9.53 Å². The van der Waals surface area contributed by atoms with Gasteiger partial charge in [-0.1, -0.05) is 35.6 Å². The summed E-state index contributed by atoms with van der Waals surface area (Å²) < 4.78 is 8.35. The molecule has 4 aromatic rings. The highest BCUT2D eigenvalue weighted by molar-refractivity contribution is 7.22. The standard InChI is InChI=1S/C19H17N3O2S/c1-22-11-12(13-6-3-4-7-14(13)22)10-17(23)20-19-21-18-15(24-2)8-5-9-16(18)25-19/h3-9,11H,10H2,1-2H3,(H,20,21,23). The van der Waals surface area contributed by atoms with Crippen LogP contribution >= 0.6 is 11.3 Å². The molecule has 0 saturated heterocycles. The Labute approximate surface area is 148 Å². The average molecular weight is 351 g/mol. The van der Waals surface area contributed by atoms with E-state index in [0.717, 1.165) is 26.7 Å². The van der Waals surface area contributed by atoms with Gasteiger partial charge in [-0.3, -0.25) is 4.79 Å². The summed E-state index contributed by atoms with van der Waals surface area (Å²) in [5.41, 5.74) is 2.90. The molecular formula is C19H17N3O2S. The Morgan fingerprint density at radius 2 is 2.08 bits per heavy atom. The molecule has 1 N–H and O–H groups in total. The molecule has 25 heavy (non-hydrogen) atoms. The summed E-state index contributed by atoms with van der Waals surface area (Å²) in [6, 6.07) is 13.8. The van der Waals surface area contributed by atoms with Crippen molar-refractivity contribution in [2.45, 2.75) is 6.42 Å². The zero-order chi connectivity index (χ0) is 17.4. The fraction of sp³-hybridized carbons (Fsp3) is 0.158. The van der Waals surface area contributed by atoms with Crippen LogP contribution in [-0.4, -0.2) is 22.6 Å². The Kier molecular flexibility index (Phi) is 3.89. The molecule has 0 radical (unpaired) electrons. The smallest absolute Gasteiger partial charge is 0.230 e. The van der Waals surface area contributed by atoms with E-state index in [1.54, 1.807) is 7.11 Å². The molecule has 0 fully saturated rings. The van der Waals surface area contributed by atoms with Gasteiger partial charge in [0, 0.05) is 24.1 Å². The molecule has 1 amide bonds. The molecule has 0 aliphatic carbocycles. The molecule has 2 aromatic heterocycles. The van der Waals surface area contributed by atoms with Crippen LogP contribution < -0.4 is 10.1 Å². The lowest BCUT2D eigenvalue weighted by atomic mass is 10.1. The molecule has 4 rings (SSSR count). The van der Waals surface area contributed by atoms with Gasteiger partial charge in [-0.15, -0.1) is 0 Å². The van der Waals surface area contributed by atoms with Crippen LogP contribution in [0.5, 0.6) is 5.75 Å². The van der Waals surface area contributed by atoms with Crippen molar-refractivity contribution in [2.75, 3.05) is 12.4 Å². The van der Waals surface area contributed by atoms with Gasteiger partial charge in [0.05, 0.1) is 18.2 Å². The summed E-state index contributed by atoms with van der Waals surface area (Å²) >= 11 is 1.45. The van der Waals surface area contributed by atoms with Gasteiger partial charge in [-0.05, 0) is 23.8 Å². The molecule has 0 bridgehead atoms. The molecule has 0 atom stereocenters. The quantitative estimate of drug-likeness (QED) is 0.605. The molecule has 5 nitrogen and oxygen atoms in total. The van der Waals surface area contributed by atoms with E-state index in [4.69, 9.17) is 4.74 Å². The molecule has 0 aliphatic rings. The highest BCUT2D eigenvalue weighted by Gasteiger charge is 2.13. The van der Waals surface area contributed by atoms with Crippen molar-refractivity contribution in [3.05, 3.63) is 54.2 Å². The largest absolute Gasteiger partial charge is 0.494 e. The third kappa shape index (κ3) is 2.85. The number of thiazole rings is 1. The van der Waals surface area contributed by atoms with Crippen LogP contribution in [0.25, 0.3) is 21.1 Å². The number of rotatable bonds is 4. The Morgan fingerprint density at radius 3 is 2.92 bits per heavy atom. The third-order valence-electron chi connectivity index (χ3n) is 4.18. The van der Waals surface area contributed by atoms with Crippen LogP contribution in [-0.2, 0) is 18.3 Å². The van der Waals surface area contributed by atoms with E-state index >= 15 is 0 Å². The molecule has 0 aliphatic heterocycles. The SMILES string of the molecule is COc1cccc2sc(NC(=O)Cc3cn(C)c4ccccc34)nc12. The first-order valence-electron chi connectivity index (χ1n) is 7.92. The first-order valence-corrected chi connectivity index (χ1v) is 8.73. The summed E-state index contributed by atoms with van der Waals surface area (Å²) in [5, 5.41) is 4.60. The molecule has 0 saturated carbocycles. The van der Waals surface area contributed by atoms with Gasteiger partial charge in [0.2, 0.25) is 5.91 Å². The van der Waals surface area contributed by atoms with Crippen molar-refractivity contribution in [3.8, 4) is 5.75 Å². The second-order valence-corrected chi connectivity index (χ2v) is 6.86. The minimum atomic E-state index is -0.0747. The Morgan fingerprint density at radius 1 is 1.24 bits per heavy atom. The van der Waals surface area contributed by atoms with Crippen LogP contribution in [0.2, 0.25) is 0 Å². The molecule has 0 spiro atoms. The number of methoxy groups -OCH3 is 1. The van der Waals surface area contributed by atoms with Crippen LogP contribution in [0.1, 0.15) is 5.56 Å². The predicted molar refractivity (Wildman–Crippen MR) is 101 cm³/mol. The third-order valence-corrected chi connectivity index (χ3v) is 5.11. The number of anilines is 1. The van der Waals surface area contributed by atoms with Crippen LogP contribution in [0.3, 0.4) is 0 Å². The first kappa shape index (κ1) is 15.7. The fourth-order valence-electron chi connectivity index (χ4n) is 3.04. The summed E-state index contributed by atoms with van der Waals surface area (Å²) in [7, 11) is 3.61. The molecule has 0 unspecified atom stereocenters. The maximum Gasteiger partial charge on any atom is 0.230 e. The van der Waals surface area contributed by atoms with Gasteiger partial charge in [-0.25, -0.2) is 4.98 Å². The normalized spacial score (nSPS) is 11.1. The zero-order valence-electron chi connectivity index (χ0n) is 13.9. The highest BCUT2D eigenvalue weighted by Crippen LogP contribution is 2.32. The summed E-state index contributed by atoms with van der Waals surface area (Å²) in [5.74, 6) is 0.637. The lowest BCUT2D eigenvalue weighted by Gasteiger charge is -2.01. The number of hydrogen-bond donors (Lipinski definition) is 1. The van der Waals surface area contributed by atoms with Gasteiger partial charge in [0.25, 0.3) is 0 Å². The van der Waals surface area contributed by atoms with Crippen molar-refractivity contribution in [1.82, 2.24) is 9.55 Å². The fourth-order valence-corrected chi connectivity index (χ4v) is 3.94. The van der Waals surface area contributed by atoms with Crippen molar-refractivity contribution >= 4 is 43.5 Å². The topological polar surface area (TPSA) is 56.1 Å². The number of fused-ring (bicyclic) bond motifs is 2. The van der Waals surface area contributed by atoms with Gasteiger partial charge >= 0.3 is 0 Å². The van der Waals surface area contributed by atoms with E-state index in [-0.39, 0.29) is 5.91 Å². The maximum absolute atomic E-state index is 12.5. The zero-order valence-corrected chi connectivity index (χ0v) is 14.8. The Hall–Kier alpha value is -2.86. The monoisotopic (exact) mass is 351 g/mol. The van der Waals surface area contributed by atoms with Crippen molar-refractivity contribution in [3.63, 3.8) is 0 Å². The van der Waals surface area contributed by atoms with E-state index in [9.17, 15) is 4.79 Å². The number of ether oxygens (including phenoxy) is 1. The predicted octanol–water partition coefficient (Wildman–Crippen LogP) is 3.98. The summed E-state index contributed by atoms with van der Waals surface area (Å²) in [6.07, 6.45) is 2.32. The van der Waals surface area contributed by atoms with Gasteiger partial charge < -0.3 is 14.6 Å². The maximum atomic E-state index is 12.5. The number of nitrogens with zero attached hydrogens (tertiary/aromatic N) is 2. The number of benzene rings is 2. The molecule has 2 heterocycles. The minimum absolute atomic E-state index is 0.0747. The minimum Gasteiger partial charge on any atom is -0.494 e. The lowest BCUT2D eigenvalue weighted by Crippen LogP contribution is -2.14. The summed E-state index contributed by atoms with van der Waals surface area (Å²) in [6.45, 7) is 0. The molecule has 6 heteroatoms. The van der Waals surface area contributed by atoms with E-state index in [1.165, 1.54) is 11.3 Å². The number of hydrogen-bond acceptors (Lipinski definition) is 4. The summed E-state index contributed by atoms with van der Waals surface area (Å²) in [4.78, 5) is 17.0. The number of amides is 1. The van der Waals surface area contributed by atoms with Gasteiger partial charge in [0.1, 0.15) is 11.3 Å². The number of aryl methyl sites for hydroxylation is 1. The van der Waals surface area contributed by atoms with Crippen LogP contribution in [0.15, 0.2) is 48.7 Å². The van der Waals surface area contributed by atoms with Crippen LogP contribution in [0, 0.1) is 0 Å². The number of para-hydroxylation sites is 2. The number of carbonyl (C=O) groups excluding carboxylic acids is 1. The second kappa shape index (κ2) is 6.22. The Bertz CT molecular complexity index is 1080. The van der Waals surface area contributed by atoms with E-state index in [0.29, 0.717) is 17.3 Å². The average Bonchev–Trinajstić information content (AvgIpc) is 3.16. The molecular weight excluding hydrogens is 334 g/mol. The van der Waals surface area contributed by atoms with E-state index < -0.39 is 0 Å². The van der Waals surface area contributed by atoms with Gasteiger partial charge in [-0.2, -0.15) is 0 Å². The Balaban J connectivity index is 1.58. The first-order chi connectivity index (χ1) is 12.2. The van der Waals surface area contributed by atoms with Gasteiger partial charge in [0.15, 0.2) is 5.13 Å². The molecule has 2 aromatic carbocycles. The number of aromatic nitrogens is 2. The second-order valence-electron chi connectivity index (χ2n) is 5.83. The highest BCUT2D eigenvalue weighted by atomic mass is 32.1. The number of nitrogens with one attached hydrogen (secondary N) is 1. The van der Waals surface area contributed by atoms with E-state index in [2.05, 4.69) is 16.4 Å². The van der Waals surface area contributed by atoms with E-state index in [1.807, 2.05) is 54.2 Å².